The molecular formula is C14H20N2. The smallest absolute Gasteiger partial charge is 0.0314 e. The van der Waals surface area contributed by atoms with Crippen molar-refractivity contribution in [2.75, 3.05) is 25.4 Å². The highest BCUT2D eigenvalue weighted by atomic mass is 15.1. The predicted octanol–water partition coefficient (Wildman–Crippen LogP) is 2.40. The number of nitrogens with two attached hydrogens (primary N) is 1. The van der Waals surface area contributed by atoms with Crippen LogP contribution >= 0.6 is 0 Å². The molecule has 1 saturated heterocycles. The minimum absolute atomic E-state index is 0.470. The standard InChI is InChI=1S/C14H20N2/c15-13-5-3-12(4-6-13)14(7-8-14)11-16-9-1-2-10-16/h3-6H,1-2,7-11,15H2. The van der Waals surface area contributed by atoms with E-state index >= 15 is 0 Å². The molecule has 0 aromatic heterocycles. The lowest BCUT2D eigenvalue weighted by atomic mass is 9.95. The first-order chi connectivity index (χ1) is 7.78. The van der Waals surface area contributed by atoms with Crippen LogP contribution in [-0.2, 0) is 5.41 Å². The zero-order valence-corrected chi connectivity index (χ0v) is 9.78. The minimum Gasteiger partial charge on any atom is -0.399 e. The lowest BCUT2D eigenvalue weighted by Crippen LogP contribution is -2.30. The largest absolute Gasteiger partial charge is 0.399 e. The van der Waals surface area contributed by atoms with E-state index in [1.54, 1.807) is 0 Å². The first-order valence-corrected chi connectivity index (χ1v) is 6.37. The van der Waals surface area contributed by atoms with Gasteiger partial charge in [0, 0.05) is 17.6 Å². The van der Waals surface area contributed by atoms with Crippen molar-refractivity contribution in [3.8, 4) is 0 Å². The second-order valence-corrected chi connectivity index (χ2v) is 5.39. The number of benzene rings is 1. The van der Waals surface area contributed by atoms with Crippen LogP contribution in [0.4, 0.5) is 5.69 Å². The fourth-order valence-electron chi connectivity index (χ4n) is 2.89. The molecule has 2 aliphatic rings. The second kappa shape index (κ2) is 3.77. The number of hydrogen-bond acceptors (Lipinski definition) is 2. The van der Waals surface area contributed by atoms with Gasteiger partial charge in [-0.3, -0.25) is 0 Å². The van der Waals surface area contributed by atoms with Gasteiger partial charge in [0.1, 0.15) is 0 Å². The number of rotatable bonds is 3. The normalized spacial score (nSPS) is 23.5. The second-order valence-electron chi connectivity index (χ2n) is 5.39. The van der Waals surface area contributed by atoms with Crippen LogP contribution in [0.3, 0.4) is 0 Å². The van der Waals surface area contributed by atoms with Crippen molar-refractivity contribution < 1.29 is 0 Å². The average Bonchev–Trinajstić information content (AvgIpc) is 2.88. The van der Waals surface area contributed by atoms with Crippen LogP contribution in [0.1, 0.15) is 31.2 Å². The number of anilines is 1. The molecule has 1 aliphatic heterocycles. The van der Waals surface area contributed by atoms with E-state index in [0.29, 0.717) is 5.41 Å². The van der Waals surface area contributed by atoms with Gasteiger partial charge in [-0.05, 0) is 56.5 Å². The maximum Gasteiger partial charge on any atom is 0.0314 e. The van der Waals surface area contributed by atoms with E-state index in [2.05, 4.69) is 17.0 Å². The molecule has 86 valence electrons. The molecule has 0 spiro atoms. The molecule has 2 fully saturated rings. The topological polar surface area (TPSA) is 29.3 Å². The number of nitrogens with zero attached hydrogens (tertiary/aromatic N) is 1. The molecule has 0 radical (unpaired) electrons. The molecule has 2 nitrogen and oxygen atoms in total. The molecule has 3 rings (SSSR count). The summed E-state index contributed by atoms with van der Waals surface area (Å²) in [5.41, 5.74) is 8.58. The van der Waals surface area contributed by atoms with Crippen LogP contribution in [0.2, 0.25) is 0 Å². The minimum atomic E-state index is 0.470. The van der Waals surface area contributed by atoms with Crippen molar-refractivity contribution in [3.63, 3.8) is 0 Å². The third-order valence-electron chi connectivity index (χ3n) is 4.10. The Morgan fingerprint density at radius 3 is 2.25 bits per heavy atom. The summed E-state index contributed by atoms with van der Waals surface area (Å²) in [6, 6.07) is 8.52. The van der Waals surface area contributed by atoms with E-state index in [9.17, 15) is 0 Å². The monoisotopic (exact) mass is 216 g/mol. The maximum absolute atomic E-state index is 5.74. The van der Waals surface area contributed by atoms with Gasteiger partial charge in [0.15, 0.2) is 0 Å². The zero-order chi connectivity index (χ0) is 11.0. The molecule has 0 bridgehead atoms. The summed E-state index contributed by atoms with van der Waals surface area (Å²) in [6.45, 7) is 3.87. The fourth-order valence-corrected chi connectivity index (χ4v) is 2.89. The van der Waals surface area contributed by atoms with Gasteiger partial charge in [-0.15, -0.1) is 0 Å². The molecule has 1 aromatic carbocycles. The van der Waals surface area contributed by atoms with E-state index < -0.39 is 0 Å². The summed E-state index contributed by atoms with van der Waals surface area (Å²) < 4.78 is 0. The molecule has 2 N–H and O–H groups in total. The highest BCUT2D eigenvalue weighted by Crippen LogP contribution is 2.49. The van der Waals surface area contributed by atoms with Crippen molar-refractivity contribution in [1.82, 2.24) is 4.90 Å². The highest BCUT2D eigenvalue weighted by molar-refractivity contribution is 5.43. The van der Waals surface area contributed by atoms with Crippen LogP contribution < -0.4 is 5.73 Å². The van der Waals surface area contributed by atoms with Crippen molar-refractivity contribution >= 4 is 5.69 Å². The molecule has 2 heteroatoms. The van der Waals surface area contributed by atoms with Crippen LogP contribution in [0.5, 0.6) is 0 Å². The first-order valence-electron chi connectivity index (χ1n) is 6.37. The van der Waals surface area contributed by atoms with E-state index in [1.165, 1.54) is 50.9 Å². The molecule has 1 aromatic rings. The summed E-state index contributed by atoms with van der Waals surface area (Å²) in [4.78, 5) is 2.63. The van der Waals surface area contributed by atoms with Gasteiger partial charge in [0.25, 0.3) is 0 Å². The van der Waals surface area contributed by atoms with Crippen molar-refractivity contribution in [3.05, 3.63) is 29.8 Å². The molecule has 0 atom stereocenters. The van der Waals surface area contributed by atoms with E-state index in [-0.39, 0.29) is 0 Å². The molecule has 1 heterocycles. The van der Waals surface area contributed by atoms with E-state index in [1.807, 2.05) is 12.1 Å². The average molecular weight is 216 g/mol. The van der Waals surface area contributed by atoms with Gasteiger partial charge in [-0.2, -0.15) is 0 Å². The summed E-state index contributed by atoms with van der Waals surface area (Å²) in [6.07, 6.45) is 5.48. The molecular weight excluding hydrogens is 196 g/mol. The van der Waals surface area contributed by atoms with Crippen LogP contribution in [0, 0.1) is 0 Å². The Labute approximate surface area is 97.4 Å². The lowest BCUT2D eigenvalue weighted by Gasteiger charge is -2.23. The maximum atomic E-state index is 5.74. The fraction of sp³-hybridized carbons (Fsp3) is 0.571. The van der Waals surface area contributed by atoms with Crippen LogP contribution in [0.15, 0.2) is 24.3 Å². The van der Waals surface area contributed by atoms with E-state index in [4.69, 9.17) is 5.73 Å². The summed E-state index contributed by atoms with van der Waals surface area (Å²) in [7, 11) is 0. The summed E-state index contributed by atoms with van der Waals surface area (Å²) in [5, 5.41) is 0. The van der Waals surface area contributed by atoms with Gasteiger partial charge < -0.3 is 10.6 Å². The van der Waals surface area contributed by atoms with Crippen molar-refractivity contribution in [1.29, 1.82) is 0 Å². The zero-order valence-electron chi connectivity index (χ0n) is 9.78. The highest BCUT2D eigenvalue weighted by Gasteiger charge is 2.45. The predicted molar refractivity (Wildman–Crippen MR) is 67.4 cm³/mol. The Kier molecular flexibility index (Phi) is 2.40. The van der Waals surface area contributed by atoms with Crippen LogP contribution in [0.25, 0.3) is 0 Å². The Morgan fingerprint density at radius 1 is 1.06 bits per heavy atom. The molecule has 16 heavy (non-hydrogen) atoms. The number of likely N-dealkylation sites (tertiary alicyclic amines) is 1. The van der Waals surface area contributed by atoms with Crippen LogP contribution in [-0.4, -0.2) is 24.5 Å². The first kappa shape index (κ1) is 10.2. The molecule has 1 aliphatic carbocycles. The Morgan fingerprint density at radius 2 is 1.69 bits per heavy atom. The third kappa shape index (κ3) is 1.82. The number of nitrogen functional groups attached to an aromatic ring is 1. The van der Waals surface area contributed by atoms with E-state index in [0.717, 1.165) is 5.69 Å². The van der Waals surface area contributed by atoms with Gasteiger partial charge in [0.2, 0.25) is 0 Å². The van der Waals surface area contributed by atoms with Gasteiger partial charge in [-0.1, -0.05) is 12.1 Å². The van der Waals surface area contributed by atoms with Gasteiger partial charge in [-0.25, -0.2) is 0 Å². The molecule has 1 saturated carbocycles. The summed E-state index contributed by atoms with van der Waals surface area (Å²) >= 11 is 0. The third-order valence-corrected chi connectivity index (χ3v) is 4.10. The van der Waals surface area contributed by atoms with Gasteiger partial charge in [0.05, 0.1) is 0 Å². The lowest BCUT2D eigenvalue weighted by molar-refractivity contribution is 0.305. The van der Waals surface area contributed by atoms with Crippen molar-refractivity contribution in [2.24, 2.45) is 0 Å². The quantitative estimate of drug-likeness (QED) is 0.786. The Bertz CT molecular complexity index is 359. The molecule has 0 unspecified atom stereocenters. The molecule has 0 amide bonds. The Balaban J connectivity index is 1.74. The summed E-state index contributed by atoms with van der Waals surface area (Å²) in [5.74, 6) is 0. The Hall–Kier alpha value is -1.02. The SMILES string of the molecule is Nc1ccc(C2(CN3CCCC3)CC2)cc1. The van der Waals surface area contributed by atoms with Crippen molar-refractivity contribution in [2.45, 2.75) is 31.1 Å². The number of hydrogen-bond donors (Lipinski definition) is 1. The van der Waals surface area contributed by atoms with Gasteiger partial charge >= 0.3 is 0 Å².